The minimum absolute atomic E-state index is 0.256. The zero-order valence-corrected chi connectivity index (χ0v) is 17.1. The molecule has 0 fully saturated rings. The molecule has 0 aliphatic heterocycles. The first-order valence-corrected chi connectivity index (χ1v) is 9.98. The van der Waals surface area contributed by atoms with Gasteiger partial charge in [0.1, 0.15) is 5.56 Å². The van der Waals surface area contributed by atoms with Crippen LogP contribution in [0.2, 0.25) is 5.02 Å². The second-order valence-electron chi connectivity index (χ2n) is 6.57. The first-order chi connectivity index (χ1) is 14.7. The molecule has 0 N–H and O–H groups in total. The summed E-state index contributed by atoms with van der Waals surface area (Å²) in [6, 6.07) is 24.6. The number of fused-ring (bicyclic) bond motifs is 1. The van der Waals surface area contributed by atoms with Crippen molar-refractivity contribution in [3.05, 3.63) is 101 Å². The minimum Gasteiger partial charge on any atom is -0.462 e. The fraction of sp³-hybridized carbons (Fsp3) is 0.0769. The number of rotatable bonds is 3. The molecule has 146 valence electrons. The molecule has 0 atom stereocenters. The molecule has 3 aromatic carbocycles. The molecule has 4 rings (SSSR count). The molecule has 0 saturated carbocycles. The Balaban J connectivity index is 2.07. The molecule has 0 unspecified atom stereocenters. The van der Waals surface area contributed by atoms with Crippen molar-refractivity contribution in [2.45, 2.75) is 6.92 Å². The van der Waals surface area contributed by atoms with Crippen LogP contribution in [0.15, 0.2) is 78.9 Å². The van der Waals surface area contributed by atoms with Crippen LogP contribution in [0.3, 0.4) is 0 Å². The number of benzene rings is 3. The summed E-state index contributed by atoms with van der Waals surface area (Å²) in [6.45, 7) is 2.03. The van der Waals surface area contributed by atoms with Gasteiger partial charge >= 0.3 is 5.97 Å². The van der Waals surface area contributed by atoms with Crippen LogP contribution in [-0.2, 0) is 4.74 Å². The molecule has 30 heavy (non-hydrogen) atoms. The van der Waals surface area contributed by atoms with Crippen molar-refractivity contribution in [2.75, 3.05) is 6.61 Å². The first kappa shape index (κ1) is 19.7. The number of halogens is 1. The van der Waals surface area contributed by atoms with Crippen LogP contribution in [-0.4, -0.2) is 17.6 Å². The largest absolute Gasteiger partial charge is 0.462 e. The van der Waals surface area contributed by atoms with Crippen LogP contribution < -0.4 is 0 Å². The van der Waals surface area contributed by atoms with Gasteiger partial charge in [0.15, 0.2) is 0 Å². The van der Waals surface area contributed by atoms with Gasteiger partial charge in [-0.2, -0.15) is 0 Å². The lowest BCUT2D eigenvalue weighted by molar-refractivity contribution is 0.0527. The van der Waals surface area contributed by atoms with Crippen LogP contribution in [0.25, 0.3) is 22.2 Å². The SMILES string of the molecule is CCOC(=O)c1c(-c2ccccc2)nc2ccc(Cl)cc2c1C#Cc1ccccc1. The zero-order valence-electron chi connectivity index (χ0n) is 16.4. The minimum atomic E-state index is -0.455. The van der Waals surface area contributed by atoms with E-state index < -0.39 is 5.97 Å². The van der Waals surface area contributed by atoms with Crippen molar-refractivity contribution in [1.82, 2.24) is 4.98 Å². The predicted octanol–water partition coefficient (Wildman–Crippen LogP) is 6.13. The number of carbonyl (C=O) groups excluding carboxylic acids is 1. The van der Waals surface area contributed by atoms with Gasteiger partial charge in [0.25, 0.3) is 0 Å². The summed E-state index contributed by atoms with van der Waals surface area (Å²) < 4.78 is 5.38. The number of carbonyl (C=O) groups is 1. The normalized spacial score (nSPS) is 10.3. The standard InChI is InChI=1S/C26H18ClNO2/c1-2-30-26(29)24-21(15-13-18-9-5-3-6-10-18)22-17-20(27)14-16-23(22)28-25(24)19-11-7-4-8-12-19/h3-12,14,16-17H,2H2,1H3. The van der Waals surface area contributed by atoms with Gasteiger partial charge in [-0.25, -0.2) is 9.78 Å². The van der Waals surface area contributed by atoms with Gasteiger partial charge in [-0.1, -0.05) is 72.0 Å². The average molecular weight is 412 g/mol. The van der Waals surface area contributed by atoms with Crippen molar-refractivity contribution >= 4 is 28.5 Å². The molecule has 0 bridgehead atoms. The van der Waals surface area contributed by atoms with Crippen LogP contribution >= 0.6 is 11.6 Å². The summed E-state index contributed by atoms with van der Waals surface area (Å²) in [5.74, 6) is 5.90. The maximum atomic E-state index is 13.0. The van der Waals surface area contributed by atoms with E-state index in [-0.39, 0.29) is 6.61 Å². The van der Waals surface area contributed by atoms with Crippen LogP contribution in [0.1, 0.15) is 28.4 Å². The Hall–Kier alpha value is -3.61. The Bertz CT molecular complexity index is 1270. The Morgan fingerprint density at radius 2 is 1.67 bits per heavy atom. The molecular weight excluding hydrogens is 394 g/mol. The van der Waals surface area contributed by atoms with Crippen molar-refractivity contribution in [3.8, 4) is 23.1 Å². The lowest BCUT2D eigenvalue weighted by Gasteiger charge is -2.14. The third-order valence-corrected chi connectivity index (χ3v) is 4.81. The smallest absolute Gasteiger partial charge is 0.341 e. The fourth-order valence-electron chi connectivity index (χ4n) is 3.23. The average Bonchev–Trinajstić information content (AvgIpc) is 2.78. The molecule has 0 radical (unpaired) electrons. The Labute approximate surface area is 180 Å². The van der Waals surface area contributed by atoms with E-state index in [2.05, 4.69) is 11.8 Å². The number of aromatic nitrogens is 1. The second kappa shape index (κ2) is 8.82. The predicted molar refractivity (Wildman–Crippen MR) is 121 cm³/mol. The lowest BCUT2D eigenvalue weighted by atomic mass is 9.96. The molecule has 0 aliphatic rings. The summed E-state index contributed by atoms with van der Waals surface area (Å²) in [6.07, 6.45) is 0. The first-order valence-electron chi connectivity index (χ1n) is 9.60. The highest BCUT2D eigenvalue weighted by Crippen LogP contribution is 2.32. The molecule has 0 spiro atoms. The van der Waals surface area contributed by atoms with Crippen molar-refractivity contribution < 1.29 is 9.53 Å². The third kappa shape index (κ3) is 4.05. The van der Waals surface area contributed by atoms with Gasteiger partial charge in [0, 0.05) is 21.5 Å². The van der Waals surface area contributed by atoms with E-state index >= 15 is 0 Å². The van der Waals surface area contributed by atoms with Crippen molar-refractivity contribution in [1.29, 1.82) is 0 Å². The Morgan fingerprint density at radius 1 is 0.967 bits per heavy atom. The molecule has 3 nitrogen and oxygen atoms in total. The van der Waals surface area contributed by atoms with E-state index in [1.54, 1.807) is 19.1 Å². The number of ether oxygens (including phenoxy) is 1. The van der Waals surface area contributed by atoms with Crippen LogP contribution in [0, 0.1) is 11.8 Å². The van der Waals surface area contributed by atoms with Gasteiger partial charge in [-0.15, -0.1) is 0 Å². The number of hydrogen-bond donors (Lipinski definition) is 0. The topological polar surface area (TPSA) is 39.2 Å². The van der Waals surface area contributed by atoms with E-state index in [4.69, 9.17) is 21.3 Å². The highest BCUT2D eigenvalue weighted by Gasteiger charge is 2.22. The maximum absolute atomic E-state index is 13.0. The fourth-order valence-corrected chi connectivity index (χ4v) is 3.40. The molecule has 0 aliphatic carbocycles. The maximum Gasteiger partial charge on any atom is 0.341 e. The molecule has 4 heteroatoms. The molecule has 0 saturated heterocycles. The molecule has 1 aromatic heterocycles. The van der Waals surface area contributed by atoms with Crippen LogP contribution in [0.4, 0.5) is 0 Å². The summed E-state index contributed by atoms with van der Waals surface area (Å²) in [5.41, 5.74) is 3.83. The zero-order chi connectivity index (χ0) is 20.9. The second-order valence-corrected chi connectivity index (χ2v) is 7.01. The van der Waals surface area contributed by atoms with Gasteiger partial charge < -0.3 is 4.74 Å². The van der Waals surface area contributed by atoms with E-state index in [9.17, 15) is 4.79 Å². The molecule has 0 amide bonds. The Kier molecular flexibility index (Phi) is 5.79. The number of hydrogen-bond acceptors (Lipinski definition) is 3. The number of esters is 1. The molecule has 1 heterocycles. The third-order valence-electron chi connectivity index (χ3n) is 4.58. The highest BCUT2D eigenvalue weighted by atomic mass is 35.5. The summed E-state index contributed by atoms with van der Waals surface area (Å²) in [4.78, 5) is 17.8. The van der Waals surface area contributed by atoms with E-state index in [1.807, 2.05) is 66.7 Å². The monoisotopic (exact) mass is 411 g/mol. The van der Waals surface area contributed by atoms with Gasteiger partial charge in [-0.3, -0.25) is 0 Å². The quantitative estimate of drug-likeness (QED) is 0.300. The molecule has 4 aromatic rings. The van der Waals surface area contributed by atoms with Gasteiger partial charge in [0.2, 0.25) is 0 Å². The Morgan fingerprint density at radius 3 is 2.37 bits per heavy atom. The van der Waals surface area contributed by atoms with Crippen LogP contribution in [0.5, 0.6) is 0 Å². The summed E-state index contributed by atoms with van der Waals surface area (Å²) in [5, 5.41) is 1.27. The summed E-state index contributed by atoms with van der Waals surface area (Å²) >= 11 is 6.27. The van der Waals surface area contributed by atoms with Gasteiger partial charge in [0.05, 0.1) is 23.4 Å². The molecular formula is C26H18ClNO2. The van der Waals surface area contributed by atoms with Crippen molar-refractivity contribution in [3.63, 3.8) is 0 Å². The summed E-state index contributed by atoms with van der Waals surface area (Å²) in [7, 11) is 0. The van der Waals surface area contributed by atoms with Gasteiger partial charge in [-0.05, 0) is 37.3 Å². The van der Waals surface area contributed by atoms with E-state index in [0.29, 0.717) is 32.7 Å². The van der Waals surface area contributed by atoms with E-state index in [0.717, 1.165) is 11.1 Å². The van der Waals surface area contributed by atoms with Crippen molar-refractivity contribution in [2.24, 2.45) is 0 Å². The lowest BCUT2D eigenvalue weighted by Crippen LogP contribution is -2.11. The van der Waals surface area contributed by atoms with E-state index in [1.165, 1.54) is 0 Å². The number of pyridine rings is 1. The highest BCUT2D eigenvalue weighted by molar-refractivity contribution is 6.31. The number of nitrogens with zero attached hydrogens (tertiary/aromatic N) is 1.